The Kier molecular flexibility index (Phi) is 3.36. The summed E-state index contributed by atoms with van der Waals surface area (Å²) in [5.74, 6) is 0.923. The molecule has 1 fully saturated rings. The van der Waals surface area contributed by atoms with Crippen molar-refractivity contribution in [3.63, 3.8) is 0 Å². The lowest BCUT2D eigenvalue weighted by Crippen LogP contribution is -2.46. The highest BCUT2D eigenvalue weighted by Crippen LogP contribution is 2.25. The molecular formula is C12H13BrN2O3S. The largest absolute Gasteiger partial charge is 0.439 e. The third-order valence-corrected chi connectivity index (χ3v) is 5.49. The number of sulfone groups is 1. The molecule has 1 aromatic heterocycles. The predicted molar refractivity (Wildman–Crippen MR) is 75.9 cm³/mol. The van der Waals surface area contributed by atoms with Crippen LogP contribution in [0.1, 0.15) is 5.89 Å². The predicted octanol–water partition coefficient (Wildman–Crippen LogP) is 1.52. The minimum absolute atomic E-state index is 0.120. The van der Waals surface area contributed by atoms with Gasteiger partial charge in [-0.05, 0) is 28.1 Å². The van der Waals surface area contributed by atoms with Crippen molar-refractivity contribution < 1.29 is 12.8 Å². The lowest BCUT2D eigenvalue weighted by molar-refractivity contribution is 0.456. The first-order valence-corrected chi connectivity index (χ1v) is 8.63. The van der Waals surface area contributed by atoms with Crippen LogP contribution in [0.4, 0.5) is 0 Å². The molecule has 2 heterocycles. The van der Waals surface area contributed by atoms with Gasteiger partial charge in [-0.3, -0.25) is 0 Å². The van der Waals surface area contributed by atoms with E-state index >= 15 is 0 Å². The monoisotopic (exact) mass is 344 g/mol. The van der Waals surface area contributed by atoms with Gasteiger partial charge in [0.25, 0.3) is 0 Å². The standard InChI is InChI=1S/C12H13BrN2O3S/c13-9-2-1-3-10-12(9)18-11(15-10)6-8-7-19(16,17)5-4-14-8/h1-3,8,14H,4-7H2. The van der Waals surface area contributed by atoms with Crippen molar-refractivity contribution in [2.24, 2.45) is 0 Å². The Balaban J connectivity index is 1.84. The molecule has 7 heteroatoms. The summed E-state index contributed by atoms with van der Waals surface area (Å²) < 4.78 is 29.7. The van der Waals surface area contributed by atoms with Gasteiger partial charge >= 0.3 is 0 Å². The molecule has 102 valence electrons. The van der Waals surface area contributed by atoms with Crippen molar-refractivity contribution >= 4 is 36.9 Å². The fourth-order valence-electron chi connectivity index (χ4n) is 2.26. The Hall–Kier alpha value is -0.920. The first-order valence-electron chi connectivity index (χ1n) is 6.01. The van der Waals surface area contributed by atoms with E-state index in [2.05, 4.69) is 26.2 Å². The molecule has 1 aliphatic rings. The van der Waals surface area contributed by atoms with Crippen LogP contribution in [-0.2, 0) is 16.3 Å². The Morgan fingerprint density at radius 1 is 1.47 bits per heavy atom. The van der Waals surface area contributed by atoms with Crippen LogP contribution in [0.25, 0.3) is 11.1 Å². The highest BCUT2D eigenvalue weighted by atomic mass is 79.9. The number of rotatable bonds is 2. The maximum absolute atomic E-state index is 11.6. The molecule has 0 radical (unpaired) electrons. The molecular weight excluding hydrogens is 332 g/mol. The van der Waals surface area contributed by atoms with Gasteiger partial charge in [0, 0.05) is 19.0 Å². The van der Waals surface area contributed by atoms with E-state index in [1.807, 2.05) is 18.2 Å². The minimum Gasteiger partial charge on any atom is -0.439 e. The molecule has 1 aliphatic heterocycles. The van der Waals surface area contributed by atoms with Crippen molar-refractivity contribution in [3.05, 3.63) is 28.6 Å². The maximum Gasteiger partial charge on any atom is 0.197 e. The van der Waals surface area contributed by atoms with Crippen LogP contribution in [0.2, 0.25) is 0 Å². The molecule has 0 amide bonds. The molecule has 3 rings (SSSR count). The summed E-state index contributed by atoms with van der Waals surface area (Å²) in [6, 6.07) is 5.53. The van der Waals surface area contributed by atoms with Crippen LogP contribution in [-0.4, -0.2) is 37.5 Å². The van der Waals surface area contributed by atoms with Gasteiger partial charge in [0.15, 0.2) is 21.3 Å². The third-order valence-electron chi connectivity index (χ3n) is 3.13. The lowest BCUT2D eigenvalue weighted by Gasteiger charge is -2.22. The summed E-state index contributed by atoms with van der Waals surface area (Å²) in [4.78, 5) is 4.38. The molecule has 1 unspecified atom stereocenters. The molecule has 0 saturated carbocycles. The Morgan fingerprint density at radius 2 is 2.32 bits per heavy atom. The quantitative estimate of drug-likeness (QED) is 0.894. The van der Waals surface area contributed by atoms with Crippen LogP contribution >= 0.6 is 15.9 Å². The number of oxazole rings is 1. The Bertz CT molecular complexity index is 711. The molecule has 1 atom stereocenters. The molecule has 5 nitrogen and oxygen atoms in total. The molecule has 0 spiro atoms. The van der Waals surface area contributed by atoms with Gasteiger partial charge in [0.05, 0.1) is 16.0 Å². The number of hydrogen-bond donors (Lipinski definition) is 1. The number of nitrogens with one attached hydrogen (secondary N) is 1. The van der Waals surface area contributed by atoms with Crippen molar-refractivity contribution in [1.82, 2.24) is 10.3 Å². The maximum atomic E-state index is 11.6. The SMILES string of the molecule is O=S1(=O)CCNC(Cc2nc3cccc(Br)c3o2)C1. The second kappa shape index (κ2) is 4.88. The van der Waals surface area contributed by atoms with E-state index in [0.29, 0.717) is 24.4 Å². The summed E-state index contributed by atoms with van der Waals surface area (Å²) in [5, 5.41) is 3.19. The van der Waals surface area contributed by atoms with E-state index in [-0.39, 0.29) is 17.5 Å². The van der Waals surface area contributed by atoms with Crippen molar-refractivity contribution in [2.45, 2.75) is 12.5 Å². The fourth-order valence-corrected chi connectivity index (χ4v) is 4.14. The molecule has 2 aromatic rings. The van der Waals surface area contributed by atoms with Gasteiger partial charge in [0.2, 0.25) is 0 Å². The van der Waals surface area contributed by atoms with Crippen LogP contribution in [0.5, 0.6) is 0 Å². The number of benzene rings is 1. The smallest absolute Gasteiger partial charge is 0.197 e. The highest BCUT2D eigenvalue weighted by molar-refractivity contribution is 9.10. The number of para-hydroxylation sites is 1. The van der Waals surface area contributed by atoms with E-state index in [0.717, 1.165) is 9.99 Å². The molecule has 1 aromatic carbocycles. The first kappa shape index (κ1) is 13.1. The number of halogens is 1. The second-order valence-electron chi connectivity index (χ2n) is 4.67. The first-order chi connectivity index (χ1) is 9.03. The Morgan fingerprint density at radius 3 is 3.05 bits per heavy atom. The molecule has 0 bridgehead atoms. The number of fused-ring (bicyclic) bond motifs is 1. The number of nitrogens with zero attached hydrogens (tertiary/aromatic N) is 1. The van der Waals surface area contributed by atoms with E-state index in [1.54, 1.807) is 0 Å². The van der Waals surface area contributed by atoms with Crippen LogP contribution in [0.3, 0.4) is 0 Å². The summed E-state index contributed by atoms with van der Waals surface area (Å²) >= 11 is 3.41. The van der Waals surface area contributed by atoms with E-state index in [1.165, 1.54) is 0 Å². The van der Waals surface area contributed by atoms with Gasteiger partial charge in [-0.1, -0.05) is 6.07 Å². The molecule has 19 heavy (non-hydrogen) atoms. The van der Waals surface area contributed by atoms with E-state index in [4.69, 9.17) is 4.42 Å². The second-order valence-corrected chi connectivity index (χ2v) is 7.75. The zero-order chi connectivity index (χ0) is 13.5. The van der Waals surface area contributed by atoms with Crippen molar-refractivity contribution in [1.29, 1.82) is 0 Å². The fraction of sp³-hybridized carbons (Fsp3) is 0.417. The van der Waals surface area contributed by atoms with E-state index in [9.17, 15) is 8.42 Å². The van der Waals surface area contributed by atoms with Crippen molar-refractivity contribution in [3.8, 4) is 0 Å². The minimum atomic E-state index is -2.93. The van der Waals surface area contributed by atoms with Gasteiger partial charge in [0.1, 0.15) is 5.52 Å². The van der Waals surface area contributed by atoms with E-state index < -0.39 is 9.84 Å². The van der Waals surface area contributed by atoms with Crippen LogP contribution in [0.15, 0.2) is 27.1 Å². The highest BCUT2D eigenvalue weighted by Gasteiger charge is 2.25. The van der Waals surface area contributed by atoms with Crippen molar-refractivity contribution in [2.75, 3.05) is 18.1 Å². The average Bonchev–Trinajstić information content (AvgIpc) is 2.71. The molecule has 0 aliphatic carbocycles. The van der Waals surface area contributed by atoms with Gasteiger partial charge in [-0.2, -0.15) is 0 Å². The van der Waals surface area contributed by atoms with Gasteiger partial charge < -0.3 is 9.73 Å². The third kappa shape index (κ3) is 2.82. The summed E-state index contributed by atoms with van der Waals surface area (Å²) in [6.07, 6.45) is 0.486. The van der Waals surface area contributed by atoms with Crippen LogP contribution < -0.4 is 5.32 Å². The van der Waals surface area contributed by atoms with Gasteiger partial charge in [-0.25, -0.2) is 13.4 Å². The molecule has 1 saturated heterocycles. The zero-order valence-electron chi connectivity index (χ0n) is 10.1. The van der Waals surface area contributed by atoms with Gasteiger partial charge in [-0.15, -0.1) is 0 Å². The molecule has 1 N–H and O–H groups in total. The topological polar surface area (TPSA) is 72.2 Å². The lowest BCUT2D eigenvalue weighted by atomic mass is 10.2. The number of hydrogen-bond acceptors (Lipinski definition) is 5. The number of aromatic nitrogens is 1. The average molecular weight is 345 g/mol. The Labute approximate surface area is 119 Å². The summed E-state index contributed by atoms with van der Waals surface area (Å²) in [5.41, 5.74) is 1.49. The normalized spacial score (nSPS) is 22.7. The zero-order valence-corrected chi connectivity index (χ0v) is 12.5. The summed E-state index contributed by atoms with van der Waals surface area (Å²) in [7, 11) is -2.93. The summed E-state index contributed by atoms with van der Waals surface area (Å²) in [6.45, 7) is 0.497. The van der Waals surface area contributed by atoms with Crippen LogP contribution in [0, 0.1) is 0 Å².